The largest absolute Gasteiger partial charge is 0.370 e. The van der Waals surface area contributed by atoms with Crippen LogP contribution in [0.15, 0.2) is 24.4 Å². The number of nitrogens with zero attached hydrogens (tertiary/aromatic N) is 3. The molecule has 4 nitrogen and oxygen atoms in total. The third kappa shape index (κ3) is 1.80. The number of rotatable bonds is 1. The summed E-state index contributed by atoms with van der Waals surface area (Å²) >= 11 is 0. The summed E-state index contributed by atoms with van der Waals surface area (Å²) in [5.41, 5.74) is 2.47. The van der Waals surface area contributed by atoms with Gasteiger partial charge in [-0.2, -0.15) is 5.10 Å². The Balaban J connectivity index is 2.00. The molecule has 0 N–H and O–H groups in total. The van der Waals surface area contributed by atoms with Crippen LogP contribution in [0.1, 0.15) is 25.6 Å². The monoisotopic (exact) mass is 247 g/mol. The first-order chi connectivity index (χ1) is 8.65. The van der Waals surface area contributed by atoms with E-state index in [0.29, 0.717) is 12.3 Å². The van der Waals surface area contributed by atoms with E-state index in [2.05, 4.69) is 17.0 Å². The summed E-state index contributed by atoms with van der Waals surface area (Å²) in [5.74, 6) is -0.340. The highest BCUT2D eigenvalue weighted by Crippen LogP contribution is 2.27. The topological polar surface area (TPSA) is 39.9 Å². The Kier molecular flexibility index (Phi) is 2.63. The molecule has 94 valence electrons. The summed E-state index contributed by atoms with van der Waals surface area (Å²) in [6.45, 7) is 4.66. The molecule has 18 heavy (non-hydrogen) atoms. The second kappa shape index (κ2) is 4.17. The van der Waals surface area contributed by atoms with Gasteiger partial charge in [0, 0.05) is 0 Å². The van der Waals surface area contributed by atoms with Crippen LogP contribution >= 0.6 is 0 Å². The van der Waals surface area contributed by atoms with E-state index in [4.69, 9.17) is 4.74 Å². The van der Waals surface area contributed by atoms with Crippen LogP contribution in [0.5, 0.6) is 0 Å². The highest BCUT2D eigenvalue weighted by atomic mass is 19.1. The van der Waals surface area contributed by atoms with E-state index in [1.807, 2.05) is 17.7 Å². The number of fused-ring (bicyclic) bond motifs is 1. The average Bonchev–Trinajstić information content (AvgIpc) is 2.80. The van der Waals surface area contributed by atoms with Crippen molar-refractivity contribution in [3.8, 4) is 11.4 Å². The quantitative estimate of drug-likeness (QED) is 0.777. The fraction of sp³-hybridized carbons (Fsp3) is 0.385. The molecule has 0 aliphatic carbocycles. The predicted octanol–water partition coefficient (Wildman–Crippen LogP) is 2.56. The first-order valence-corrected chi connectivity index (χ1v) is 5.97. The Morgan fingerprint density at radius 2 is 2.17 bits per heavy atom. The Hall–Kier alpha value is -1.75. The highest BCUT2D eigenvalue weighted by Gasteiger charge is 2.25. The van der Waals surface area contributed by atoms with Gasteiger partial charge in [0.15, 0.2) is 0 Å². The molecule has 5 heteroatoms. The van der Waals surface area contributed by atoms with Gasteiger partial charge < -0.3 is 4.74 Å². The molecular weight excluding hydrogens is 233 g/mol. The maximum Gasteiger partial charge on any atom is 0.141 e. The molecule has 0 radical (unpaired) electrons. The third-order valence-corrected chi connectivity index (χ3v) is 3.36. The number of hydrogen-bond donors (Lipinski definition) is 0. The van der Waals surface area contributed by atoms with Gasteiger partial charge in [0.2, 0.25) is 0 Å². The molecule has 2 aromatic heterocycles. The number of ether oxygens (including phenoxy) is 1. The Morgan fingerprint density at radius 3 is 2.89 bits per heavy atom. The highest BCUT2D eigenvalue weighted by molar-refractivity contribution is 5.54. The van der Waals surface area contributed by atoms with Gasteiger partial charge in [-0.1, -0.05) is 0 Å². The van der Waals surface area contributed by atoms with Crippen LogP contribution in [0.25, 0.3) is 11.4 Å². The van der Waals surface area contributed by atoms with Gasteiger partial charge >= 0.3 is 0 Å². The molecule has 3 rings (SSSR count). The van der Waals surface area contributed by atoms with E-state index < -0.39 is 0 Å². The van der Waals surface area contributed by atoms with Gasteiger partial charge in [-0.15, -0.1) is 0 Å². The first kappa shape index (κ1) is 11.3. The predicted molar refractivity (Wildman–Crippen MR) is 64.4 cm³/mol. The Labute approximate surface area is 104 Å². The maximum atomic E-state index is 12.8. The van der Waals surface area contributed by atoms with Crippen molar-refractivity contribution in [1.29, 1.82) is 0 Å². The normalized spacial score (nSPS) is 22.8. The number of aromatic nitrogens is 3. The summed E-state index contributed by atoms with van der Waals surface area (Å²) in [6, 6.07) is 5.17. The lowest BCUT2D eigenvalue weighted by Gasteiger charge is -2.27. The second-order valence-corrected chi connectivity index (χ2v) is 4.58. The minimum Gasteiger partial charge on any atom is -0.370 e. The van der Waals surface area contributed by atoms with Crippen LogP contribution in [0.4, 0.5) is 4.39 Å². The van der Waals surface area contributed by atoms with Crippen molar-refractivity contribution in [2.24, 2.45) is 0 Å². The zero-order valence-electron chi connectivity index (χ0n) is 10.3. The van der Waals surface area contributed by atoms with Crippen molar-refractivity contribution in [3.63, 3.8) is 0 Å². The summed E-state index contributed by atoms with van der Waals surface area (Å²) in [7, 11) is 0. The Morgan fingerprint density at radius 1 is 1.33 bits per heavy atom. The summed E-state index contributed by atoms with van der Waals surface area (Å²) in [5, 5.41) is 4.53. The number of hydrogen-bond acceptors (Lipinski definition) is 3. The molecule has 2 aromatic rings. The fourth-order valence-electron chi connectivity index (χ4n) is 2.10. The smallest absolute Gasteiger partial charge is 0.141 e. The minimum absolute atomic E-state index is 0.145. The van der Waals surface area contributed by atoms with E-state index in [1.165, 1.54) is 12.3 Å². The van der Waals surface area contributed by atoms with E-state index >= 15 is 0 Å². The van der Waals surface area contributed by atoms with Crippen molar-refractivity contribution in [1.82, 2.24) is 14.8 Å². The molecule has 0 spiro atoms. The van der Waals surface area contributed by atoms with Gasteiger partial charge in [-0.3, -0.25) is 9.67 Å². The molecule has 0 unspecified atom stereocenters. The number of pyridine rings is 1. The van der Waals surface area contributed by atoms with Crippen LogP contribution in [-0.4, -0.2) is 20.9 Å². The van der Waals surface area contributed by atoms with Crippen molar-refractivity contribution in [3.05, 3.63) is 35.9 Å². The molecule has 1 aliphatic heterocycles. The lowest BCUT2D eigenvalue weighted by Crippen LogP contribution is -2.29. The van der Waals surface area contributed by atoms with Crippen LogP contribution in [-0.2, 0) is 11.3 Å². The molecule has 0 fully saturated rings. The van der Waals surface area contributed by atoms with Gasteiger partial charge in [0.1, 0.15) is 11.5 Å². The molecule has 3 heterocycles. The fourth-order valence-corrected chi connectivity index (χ4v) is 2.10. The zero-order chi connectivity index (χ0) is 12.7. The van der Waals surface area contributed by atoms with Crippen LogP contribution in [0.3, 0.4) is 0 Å². The van der Waals surface area contributed by atoms with Gasteiger partial charge in [0.05, 0.1) is 36.3 Å². The average molecular weight is 247 g/mol. The lowest BCUT2D eigenvalue weighted by atomic mass is 10.2. The van der Waals surface area contributed by atoms with Gasteiger partial charge in [-0.05, 0) is 32.0 Å². The molecule has 1 aliphatic rings. The third-order valence-electron chi connectivity index (χ3n) is 3.36. The van der Waals surface area contributed by atoms with Crippen LogP contribution < -0.4 is 0 Å². The maximum absolute atomic E-state index is 12.8. The molecule has 0 bridgehead atoms. The summed E-state index contributed by atoms with van der Waals surface area (Å²) in [6.07, 6.45) is 1.35. The summed E-state index contributed by atoms with van der Waals surface area (Å²) in [4.78, 5) is 4.04. The van der Waals surface area contributed by atoms with E-state index in [0.717, 1.165) is 11.4 Å². The molecular formula is C13H14FN3O. The Bertz CT molecular complexity index is 564. The van der Waals surface area contributed by atoms with Crippen molar-refractivity contribution in [2.75, 3.05) is 0 Å². The van der Waals surface area contributed by atoms with Crippen molar-refractivity contribution in [2.45, 2.75) is 32.6 Å². The molecule has 0 saturated carbocycles. The van der Waals surface area contributed by atoms with E-state index in [9.17, 15) is 4.39 Å². The second-order valence-electron chi connectivity index (χ2n) is 4.58. The number of halogens is 1. The van der Waals surface area contributed by atoms with E-state index in [1.54, 1.807) is 6.07 Å². The molecule has 2 atom stereocenters. The zero-order valence-corrected chi connectivity index (χ0v) is 10.3. The van der Waals surface area contributed by atoms with Crippen LogP contribution in [0, 0.1) is 5.82 Å². The first-order valence-electron chi connectivity index (χ1n) is 5.97. The van der Waals surface area contributed by atoms with Gasteiger partial charge in [0.25, 0.3) is 0 Å². The molecule has 0 amide bonds. The van der Waals surface area contributed by atoms with Gasteiger partial charge in [-0.25, -0.2) is 4.39 Å². The molecule has 0 aromatic carbocycles. The lowest BCUT2D eigenvalue weighted by molar-refractivity contribution is -0.0104. The minimum atomic E-state index is -0.340. The van der Waals surface area contributed by atoms with Crippen molar-refractivity contribution < 1.29 is 9.13 Å². The summed E-state index contributed by atoms with van der Waals surface area (Å²) < 4.78 is 20.4. The standard InChI is InChI=1S/C13H14FN3O/c1-8-9(2)18-7-11-5-13(16-17(8)11)12-4-3-10(14)6-15-12/h3-6,8-9H,7H2,1-2H3/t8-,9+/m1/s1. The SMILES string of the molecule is C[C@@H]1OCc2cc(-c3ccc(F)cn3)nn2[C@@H]1C. The van der Waals surface area contributed by atoms with E-state index in [-0.39, 0.29) is 18.0 Å². The van der Waals surface area contributed by atoms with Crippen molar-refractivity contribution >= 4 is 0 Å². The molecule has 0 saturated heterocycles. The van der Waals surface area contributed by atoms with Crippen LogP contribution in [0.2, 0.25) is 0 Å².